The molecule has 2 N–H and O–H groups in total. The lowest BCUT2D eigenvalue weighted by Gasteiger charge is -2.05. The number of para-hydroxylation sites is 1. The number of hydrogen-bond donors (Lipinski definition) is 3. The molecule has 0 aliphatic heterocycles. The van der Waals surface area contributed by atoms with Crippen LogP contribution in [-0.2, 0) is 0 Å². The average Bonchev–Trinajstić information content (AvgIpc) is 2.29. The highest BCUT2D eigenvalue weighted by atomic mass is 32.2. The van der Waals surface area contributed by atoms with Crippen LogP contribution in [0, 0.1) is 0 Å². The van der Waals surface area contributed by atoms with Gasteiger partial charge in [0.2, 0.25) is 0 Å². The molecule has 16 heavy (non-hydrogen) atoms. The number of hydrogen-bond acceptors (Lipinski definition) is 4. The highest BCUT2D eigenvalue weighted by Crippen LogP contribution is 2.35. The smallest absolute Gasteiger partial charge is 0.171 e. The summed E-state index contributed by atoms with van der Waals surface area (Å²) in [6.07, 6.45) is 4.72. The van der Waals surface area contributed by atoms with Crippen molar-refractivity contribution in [3.05, 3.63) is 18.2 Å². The quantitative estimate of drug-likeness (QED) is 0.302. The van der Waals surface area contributed by atoms with E-state index in [0.717, 1.165) is 22.8 Å². The minimum Gasteiger partial charge on any atom is -0.504 e. The first-order valence-electron chi connectivity index (χ1n) is 5.50. The predicted molar refractivity (Wildman–Crippen MR) is 72.8 cm³/mol. The molecule has 0 aromatic heterocycles. The van der Waals surface area contributed by atoms with E-state index in [4.69, 9.17) is 0 Å². The molecule has 0 unspecified atom stereocenters. The van der Waals surface area contributed by atoms with Gasteiger partial charge in [0.05, 0.1) is 4.90 Å². The van der Waals surface area contributed by atoms with Crippen molar-refractivity contribution in [1.29, 1.82) is 0 Å². The summed E-state index contributed by atoms with van der Waals surface area (Å²) in [4.78, 5) is 0.759. The molecular weight excluding hydrogens is 240 g/mol. The lowest BCUT2D eigenvalue weighted by Crippen LogP contribution is -1.83. The average molecular weight is 258 g/mol. The molecule has 0 saturated heterocycles. The third kappa shape index (κ3) is 4.58. The van der Waals surface area contributed by atoms with Crippen molar-refractivity contribution in [1.82, 2.24) is 0 Å². The zero-order valence-corrected chi connectivity index (χ0v) is 10.9. The summed E-state index contributed by atoms with van der Waals surface area (Å²) in [7, 11) is 0. The number of phenols is 2. The number of unbranched alkanes of at least 4 members (excludes halogenated alkanes) is 3. The van der Waals surface area contributed by atoms with Crippen LogP contribution in [0.1, 0.15) is 25.7 Å². The summed E-state index contributed by atoms with van der Waals surface area (Å²) < 4.78 is 0. The minimum absolute atomic E-state index is 0.00265. The fraction of sp³-hybridized carbons (Fsp3) is 0.500. The first-order chi connectivity index (χ1) is 7.75. The molecule has 0 amide bonds. The minimum atomic E-state index is -0.0416. The van der Waals surface area contributed by atoms with Crippen molar-refractivity contribution in [2.45, 2.75) is 30.6 Å². The number of phenolic OH excluding ortho intramolecular Hbond substituents is 2. The van der Waals surface area contributed by atoms with Crippen molar-refractivity contribution in [2.24, 2.45) is 0 Å². The number of benzene rings is 1. The third-order valence-electron chi connectivity index (χ3n) is 2.29. The van der Waals surface area contributed by atoms with E-state index in [9.17, 15) is 10.2 Å². The first-order valence-corrected chi connectivity index (χ1v) is 7.12. The van der Waals surface area contributed by atoms with Crippen molar-refractivity contribution < 1.29 is 10.2 Å². The van der Waals surface area contributed by atoms with Gasteiger partial charge < -0.3 is 10.2 Å². The maximum absolute atomic E-state index is 9.56. The number of rotatable bonds is 7. The second kappa shape index (κ2) is 7.74. The Morgan fingerprint density at radius 1 is 1.06 bits per heavy atom. The Bertz CT molecular complexity index is 316. The van der Waals surface area contributed by atoms with Crippen LogP contribution in [0.15, 0.2) is 23.1 Å². The Morgan fingerprint density at radius 3 is 2.56 bits per heavy atom. The number of aromatic hydroxyl groups is 2. The lowest BCUT2D eigenvalue weighted by molar-refractivity contribution is 0.395. The maximum Gasteiger partial charge on any atom is 0.171 e. The normalized spacial score (nSPS) is 10.6. The van der Waals surface area contributed by atoms with Gasteiger partial charge in [0, 0.05) is 0 Å². The molecule has 0 spiro atoms. The number of thioether (sulfide) groups is 1. The van der Waals surface area contributed by atoms with E-state index in [-0.39, 0.29) is 11.5 Å². The summed E-state index contributed by atoms with van der Waals surface area (Å²) in [5.74, 6) is 1.90. The van der Waals surface area contributed by atoms with Crippen LogP contribution >= 0.6 is 24.4 Å². The first kappa shape index (κ1) is 13.6. The van der Waals surface area contributed by atoms with Crippen LogP contribution in [0.4, 0.5) is 0 Å². The van der Waals surface area contributed by atoms with E-state index in [1.165, 1.54) is 25.3 Å². The summed E-state index contributed by atoms with van der Waals surface area (Å²) in [5.41, 5.74) is 0. The summed E-state index contributed by atoms with van der Waals surface area (Å²) in [6.45, 7) is 0. The predicted octanol–water partition coefficient (Wildman–Crippen LogP) is 3.68. The molecular formula is C12H18O2S2. The molecule has 0 bridgehead atoms. The largest absolute Gasteiger partial charge is 0.504 e. The number of thiol groups is 1. The Labute approximate surface area is 106 Å². The fourth-order valence-corrected chi connectivity index (χ4v) is 2.58. The van der Waals surface area contributed by atoms with Crippen LogP contribution in [0.5, 0.6) is 11.5 Å². The monoisotopic (exact) mass is 258 g/mol. The topological polar surface area (TPSA) is 40.5 Å². The molecule has 1 aromatic rings. The van der Waals surface area contributed by atoms with Gasteiger partial charge in [0.1, 0.15) is 0 Å². The van der Waals surface area contributed by atoms with Crippen molar-refractivity contribution >= 4 is 24.4 Å². The second-order valence-corrected chi connectivity index (χ2v) is 5.19. The molecule has 1 rings (SSSR count). The Hall–Kier alpha value is -0.480. The van der Waals surface area contributed by atoms with Crippen LogP contribution in [0.25, 0.3) is 0 Å². The fourth-order valence-electron chi connectivity index (χ4n) is 1.38. The van der Waals surface area contributed by atoms with Gasteiger partial charge in [-0.15, -0.1) is 11.8 Å². The van der Waals surface area contributed by atoms with Gasteiger partial charge >= 0.3 is 0 Å². The third-order valence-corrected chi connectivity index (χ3v) is 3.74. The van der Waals surface area contributed by atoms with E-state index in [1.54, 1.807) is 17.8 Å². The Balaban J connectivity index is 2.24. The van der Waals surface area contributed by atoms with Gasteiger partial charge in [0.15, 0.2) is 11.5 Å². The zero-order chi connectivity index (χ0) is 11.8. The molecule has 1 aromatic carbocycles. The van der Waals surface area contributed by atoms with E-state index in [1.807, 2.05) is 6.07 Å². The highest BCUT2D eigenvalue weighted by molar-refractivity contribution is 7.99. The van der Waals surface area contributed by atoms with E-state index in [2.05, 4.69) is 12.6 Å². The van der Waals surface area contributed by atoms with Crippen LogP contribution in [0.2, 0.25) is 0 Å². The summed E-state index contributed by atoms with van der Waals surface area (Å²) in [6, 6.07) is 5.07. The molecule has 2 nitrogen and oxygen atoms in total. The van der Waals surface area contributed by atoms with Gasteiger partial charge in [0.25, 0.3) is 0 Å². The van der Waals surface area contributed by atoms with Crippen molar-refractivity contribution in [2.75, 3.05) is 11.5 Å². The van der Waals surface area contributed by atoms with Crippen molar-refractivity contribution in [3.8, 4) is 11.5 Å². The summed E-state index contributed by atoms with van der Waals surface area (Å²) >= 11 is 5.75. The van der Waals surface area contributed by atoms with Crippen molar-refractivity contribution in [3.63, 3.8) is 0 Å². The second-order valence-electron chi connectivity index (χ2n) is 3.61. The summed E-state index contributed by atoms with van der Waals surface area (Å²) in [5, 5.41) is 18.9. The molecule has 0 saturated carbocycles. The molecule has 0 aliphatic rings. The maximum atomic E-state index is 9.56. The van der Waals surface area contributed by atoms with Gasteiger partial charge in [-0.3, -0.25) is 0 Å². The Morgan fingerprint density at radius 2 is 1.81 bits per heavy atom. The zero-order valence-electron chi connectivity index (χ0n) is 9.22. The molecule has 0 fully saturated rings. The lowest BCUT2D eigenvalue weighted by atomic mass is 10.2. The van der Waals surface area contributed by atoms with Gasteiger partial charge in [-0.1, -0.05) is 18.9 Å². The molecule has 0 atom stereocenters. The van der Waals surface area contributed by atoms with Gasteiger partial charge in [-0.25, -0.2) is 0 Å². The SMILES string of the molecule is Oc1cccc(SCCCCCCS)c1O. The molecule has 0 radical (unpaired) electrons. The molecule has 0 heterocycles. The van der Waals surface area contributed by atoms with Crippen LogP contribution in [0.3, 0.4) is 0 Å². The molecule has 0 aliphatic carbocycles. The van der Waals surface area contributed by atoms with E-state index >= 15 is 0 Å². The molecule has 90 valence electrons. The standard InChI is InChI=1S/C12H18O2S2/c13-10-6-5-7-11(12(10)14)16-9-4-2-1-3-8-15/h5-7,13-15H,1-4,8-9H2. The van der Waals surface area contributed by atoms with Gasteiger partial charge in [-0.05, 0) is 36.5 Å². The van der Waals surface area contributed by atoms with Gasteiger partial charge in [-0.2, -0.15) is 12.6 Å². The van der Waals surface area contributed by atoms with E-state index in [0.29, 0.717) is 0 Å². The van der Waals surface area contributed by atoms with Crippen LogP contribution in [-0.4, -0.2) is 21.7 Å². The highest BCUT2D eigenvalue weighted by Gasteiger charge is 2.05. The Kier molecular flexibility index (Phi) is 6.57. The van der Waals surface area contributed by atoms with Crippen LogP contribution < -0.4 is 0 Å². The van der Waals surface area contributed by atoms with E-state index < -0.39 is 0 Å². The molecule has 4 heteroatoms.